The third-order valence-corrected chi connectivity index (χ3v) is 3.14. The third kappa shape index (κ3) is 3.13. The summed E-state index contributed by atoms with van der Waals surface area (Å²) >= 11 is 0. The van der Waals surface area contributed by atoms with Gasteiger partial charge in [0.25, 0.3) is 5.91 Å². The highest BCUT2D eigenvalue weighted by Gasteiger charge is 2.20. The number of aliphatic carboxylic acids is 1. The van der Waals surface area contributed by atoms with E-state index in [9.17, 15) is 9.59 Å². The fourth-order valence-electron chi connectivity index (χ4n) is 2.09. The Morgan fingerprint density at radius 1 is 1.24 bits per heavy atom. The summed E-state index contributed by atoms with van der Waals surface area (Å²) in [4.78, 5) is 23.3. The molecule has 0 aliphatic carbocycles. The van der Waals surface area contributed by atoms with Gasteiger partial charge in [-0.2, -0.15) is 0 Å². The van der Waals surface area contributed by atoms with Crippen molar-refractivity contribution in [3.8, 4) is 5.75 Å². The molecule has 0 aromatic heterocycles. The van der Waals surface area contributed by atoms with Gasteiger partial charge in [0.2, 0.25) is 0 Å². The largest absolute Gasteiger partial charge is 0.493 e. The Kier molecular flexibility index (Phi) is 4.42. The van der Waals surface area contributed by atoms with E-state index in [2.05, 4.69) is 5.32 Å². The van der Waals surface area contributed by atoms with Crippen molar-refractivity contribution in [3.05, 3.63) is 42.0 Å². The van der Waals surface area contributed by atoms with Crippen molar-refractivity contribution in [2.45, 2.75) is 19.9 Å². The van der Waals surface area contributed by atoms with Gasteiger partial charge in [-0.25, -0.2) is 0 Å². The molecule has 2 aromatic carbocycles. The van der Waals surface area contributed by atoms with Crippen molar-refractivity contribution in [3.63, 3.8) is 0 Å². The van der Waals surface area contributed by atoms with Gasteiger partial charge in [0, 0.05) is 0 Å². The second-order valence-corrected chi connectivity index (χ2v) is 4.63. The smallest absolute Gasteiger partial charge is 0.325 e. The van der Waals surface area contributed by atoms with Crippen molar-refractivity contribution >= 4 is 22.6 Å². The lowest BCUT2D eigenvalue weighted by molar-refractivity contribution is -0.138. The minimum Gasteiger partial charge on any atom is -0.493 e. The van der Waals surface area contributed by atoms with Crippen LogP contribution in [0.3, 0.4) is 0 Å². The van der Waals surface area contributed by atoms with E-state index in [1.807, 2.05) is 37.3 Å². The standard InChI is InChI=1S/C16H17NO4/c1-3-21-13-9-8-11-6-4-5-7-12(11)14(13)15(18)17-10(2)16(19)20/h4-10H,3H2,1-2H3,(H,17,18)(H,19,20). The number of amides is 1. The molecule has 110 valence electrons. The highest BCUT2D eigenvalue weighted by molar-refractivity contribution is 6.10. The molecule has 0 heterocycles. The third-order valence-electron chi connectivity index (χ3n) is 3.14. The Hall–Kier alpha value is -2.56. The highest BCUT2D eigenvalue weighted by atomic mass is 16.5. The predicted octanol–water partition coefficient (Wildman–Crippen LogP) is 2.44. The van der Waals surface area contributed by atoms with E-state index in [4.69, 9.17) is 9.84 Å². The monoisotopic (exact) mass is 287 g/mol. The summed E-state index contributed by atoms with van der Waals surface area (Å²) in [5, 5.41) is 13.0. The second kappa shape index (κ2) is 6.26. The van der Waals surface area contributed by atoms with Crippen LogP contribution in [0.5, 0.6) is 5.75 Å². The van der Waals surface area contributed by atoms with Crippen molar-refractivity contribution < 1.29 is 19.4 Å². The summed E-state index contributed by atoms with van der Waals surface area (Å²) in [6, 6.07) is 10.1. The number of benzene rings is 2. The van der Waals surface area contributed by atoms with Crippen LogP contribution in [0.4, 0.5) is 0 Å². The Labute approximate surface area is 122 Å². The first kappa shape index (κ1) is 14.8. The van der Waals surface area contributed by atoms with E-state index in [1.165, 1.54) is 6.92 Å². The molecule has 0 radical (unpaired) electrons. The Balaban J connectivity index is 2.50. The van der Waals surface area contributed by atoms with E-state index in [0.717, 1.165) is 10.8 Å². The van der Waals surface area contributed by atoms with Crippen molar-refractivity contribution in [1.82, 2.24) is 5.32 Å². The number of hydrogen-bond acceptors (Lipinski definition) is 3. The van der Waals surface area contributed by atoms with E-state index < -0.39 is 17.9 Å². The number of fused-ring (bicyclic) bond motifs is 1. The average molecular weight is 287 g/mol. The minimum absolute atomic E-state index is 0.364. The number of ether oxygens (including phenoxy) is 1. The zero-order valence-corrected chi connectivity index (χ0v) is 11.9. The van der Waals surface area contributed by atoms with Gasteiger partial charge in [-0.3, -0.25) is 9.59 Å². The Morgan fingerprint density at radius 2 is 1.95 bits per heavy atom. The summed E-state index contributed by atoms with van der Waals surface area (Å²) in [6.45, 7) is 3.68. The summed E-state index contributed by atoms with van der Waals surface area (Å²) in [6.07, 6.45) is 0. The molecule has 1 atom stereocenters. The topological polar surface area (TPSA) is 75.6 Å². The quantitative estimate of drug-likeness (QED) is 0.885. The lowest BCUT2D eigenvalue weighted by Gasteiger charge is -2.15. The first-order chi connectivity index (χ1) is 10.0. The van der Waals surface area contributed by atoms with Crippen LogP contribution >= 0.6 is 0 Å². The number of carbonyl (C=O) groups excluding carboxylic acids is 1. The van der Waals surface area contributed by atoms with Gasteiger partial charge in [0.05, 0.1) is 12.2 Å². The van der Waals surface area contributed by atoms with Gasteiger partial charge < -0.3 is 15.2 Å². The molecule has 1 unspecified atom stereocenters. The Bertz CT molecular complexity index is 681. The number of rotatable bonds is 5. The number of carbonyl (C=O) groups is 2. The normalized spacial score (nSPS) is 11.9. The van der Waals surface area contributed by atoms with Crippen LogP contribution < -0.4 is 10.1 Å². The predicted molar refractivity (Wildman–Crippen MR) is 79.7 cm³/mol. The van der Waals surface area contributed by atoms with Gasteiger partial charge in [-0.1, -0.05) is 30.3 Å². The lowest BCUT2D eigenvalue weighted by atomic mass is 10.0. The van der Waals surface area contributed by atoms with E-state index >= 15 is 0 Å². The molecular weight excluding hydrogens is 270 g/mol. The first-order valence-electron chi connectivity index (χ1n) is 6.72. The summed E-state index contributed by atoms with van der Waals surface area (Å²) < 4.78 is 5.50. The van der Waals surface area contributed by atoms with Crippen LogP contribution in [0.25, 0.3) is 10.8 Å². The van der Waals surface area contributed by atoms with Crippen LogP contribution in [0.2, 0.25) is 0 Å². The maximum absolute atomic E-state index is 12.4. The van der Waals surface area contributed by atoms with Crippen molar-refractivity contribution in [1.29, 1.82) is 0 Å². The van der Waals surface area contributed by atoms with Gasteiger partial charge >= 0.3 is 5.97 Å². The molecule has 1 amide bonds. The molecule has 2 N–H and O–H groups in total. The highest BCUT2D eigenvalue weighted by Crippen LogP contribution is 2.28. The van der Waals surface area contributed by atoms with E-state index in [-0.39, 0.29) is 0 Å². The molecule has 0 saturated heterocycles. The zero-order chi connectivity index (χ0) is 15.4. The molecule has 0 aliphatic heterocycles. The lowest BCUT2D eigenvalue weighted by Crippen LogP contribution is -2.38. The maximum atomic E-state index is 12.4. The summed E-state index contributed by atoms with van der Waals surface area (Å²) in [5.74, 6) is -1.09. The molecule has 0 spiro atoms. The maximum Gasteiger partial charge on any atom is 0.325 e. The fraction of sp³-hybridized carbons (Fsp3) is 0.250. The zero-order valence-electron chi connectivity index (χ0n) is 11.9. The molecule has 0 saturated carbocycles. The van der Waals surface area contributed by atoms with Crippen LogP contribution in [-0.4, -0.2) is 29.6 Å². The second-order valence-electron chi connectivity index (χ2n) is 4.63. The van der Waals surface area contributed by atoms with Crippen molar-refractivity contribution in [2.24, 2.45) is 0 Å². The van der Waals surface area contributed by atoms with Crippen molar-refractivity contribution in [2.75, 3.05) is 6.61 Å². The number of carboxylic acids is 1. The number of nitrogens with one attached hydrogen (secondary N) is 1. The fourth-order valence-corrected chi connectivity index (χ4v) is 2.09. The van der Waals surface area contributed by atoms with Crippen LogP contribution in [0.15, 0.2) is 36.4 Å². The van der Waals surface area contributed by atoms with Gasteiger partial charge in [-0.15, -0.1) is 0 Å². The van der Waals surface area contributed by atoms with E-state index in [0.29, 0.717) is 17.9 Å². The molecule has 5 heteroatoms. The molecule has 0 aliphatic rings. The average Bonchev–Trinajstić information content (AvgIpc) is 2.46. The van der Waals surface area contributed by atoms with Crippen LogP contribution in [0.1, 0.15) is 24.2 Å². The SMILES string of the molecule is CCOc1ccc2ccccc2c1C(=O)NC(C)C(=O)O. The first-order valence-corrected chi connectivity index (χ1v) is 6.72. The molecule has 2 rings (SSSR count). The number of carboxylic acid groups (broad SMARTS) is 1. The molecule has 21 heavy (non-hydrogen) atoms. The molecular formula is C16H17NO4. The molecule has 2 aromatic rings. The summed E-state index contributed by atoms with van der Waals surface area (Å²) in [5.41, 5.74) is 0.364. The van der Waals surface area contributed by atoms with Gasteiger partial charge in [0.1, 0.15) is 11.8 Å². The van der Waals surface area contributed by atoms with E-state index in [1.54, 1.807) is 6.07 Å². The van der Waals surface area contributed by atoms with Crippen LogP contribution in [0, 0.1) is 0 Å². The van der Waals surface area contributed by atoms with Crippen LogP contribution in [-0.2, 0) is 4.79 Å². The number of hydrogen-bond donors (Lipinski definition) is 2. The molecule has 5 nitrogen and oxygen atoms in total. The minimum atomic E-state index is -1.08. The summed E-state index contributed by atoms with van der Waals surface area (Å²) in [7, 11) is 0. The molecule has 0 bridgehead atoms. The molecule has 0 fully saturated rings. The Morgan fingerprint density at radius 3 is 2.62 bits per heavy atom. The van der Waals surface area contributed by atoms with Gasteiger partial charge in [0.15, 0.2) is 0 Å². The van der Waals surface area contributed by atoms with Gasteiger partial charge in [-0.05, 0) is 30.7 Å².